The van der Waals surface area contributed by atoms with E-state index in [0.29, 0.717) is 42.7 Å². The number of hydrogen-bond acceptors (Lipinski definition) is 10. The van der Waals surface area contributed by atoms with Crippen LogP contribution >= 0.6 is 0 Å². The smallest absolute Gasteiger partial charge is 0.255 e. The van der Waals surface area contributed by atoms with Crippen molar-refractivity contribution in [3.05, 3.63) is 112 Å². The van der Waals surface area contributed by atoms with E-state index >= 15 is 0 Å². The number of benzene rings is 3. The van der Waals surface area contributed by atoms with Crippen molar-refractivity contribution in [2.24, 2.45) is 5.92 Å². The van der Waals surface area contributed by atoms with Gasteiger partial charge in [0.15, 0.2) is 0 Å². The highest BCUT2D eigenvalue weighted by Crippen LogP contribution is 2.48. The van der Waals surface area contributed by atoms with Crippen LogP contribution in [0, 0.1) is 5.92 Å². The minimum absolute atomic E-state index is 0.0738. The lowest BCUT2D eigenvalue weighted by Crippen LogP contribution is -2.58. The molecule has 6 aliphatic heterocycles. The molecule has 310 valence electrons. The number of imide groups is 1. The maximum absolute atomic E-state index is 13.4. The summed E-state index contributed by atoms with van der Waals surface area (Å²) in [5.41, 5.74) is 7.48. The molecule has 3 amide bonds. The van der Waals surface area contributed by atoms with Crippen LogP contribution in [-0.2, 0) is 27.3 Å². The van der Waals surface area contributed by atoms with Gasteiger partial charge in [-0.25, -0.2) is 4.98 Å². The summed E-state index contributed by atoms with van der Waals surface area (Å²) in [6, 6.07) is 24.7. The number of nitrogens with one attached hydrogen (secondary N) is 1. The third-order valence-corrected chi connectivity index (χ3v) is 14.7. The van der Waals surface area contributed by atoms with Crippen molar-refractivity contribution >= 4 is 29.2 Å². The van der Waals surface area contributed by atoms with E-state index in [1.165, 1.54) is 22.3 Å². The average Bonchev–Trinajstić information content (AvgIpc) is 3.82. The molecule has 0 radical (unpaired) electrons. The number of carbonyl (C=O) groups excluding carboxylic acids is 3. The summed E-state index contributed by atoms with van der Waals surface area (Å²) in [6.45, 7) is 7.28. The highest BCUT2D eigenvalue weighted by Gasteiger charge is 2.46. The first kappa shape index (κ1) is 37.5. The van der Waals surface area contributed by atoms with Crippen LogP contribution in [0.4, 0.5) is 11.5 Å². The first-order valence-corrected chi connectivity index (χ1v) is 21.9. The molecule has 12 heteroatoms. The van der Waals surface area contributed by atoms with Gasteiger partial charge in [-0.2, -0.15) is 0 Å². The Morgan fingerprint density at radius 2 is 1.73 bits per heavy atom. The van der Waals surface area contributed by atoms with Gasteiger partial charge in [0.2, 0.25) is 11.8 Å². The van der Waals surface area contributed by atoms with E-state index in [1.54, 1.807) is 4.90 Å². The van der Waals surface area contributed by atoms with Gasteiger partial charge in [0.25, 0.3) is 5.91 Å². The first-order chi connectivity index (χ1) is 29.3. The van der Waals surface area contributed by atoms with Crippen molar-refractivity contribution in [1.29, 1.82) is 0 Å². The van der Waals surface area contributed by atoms with E-state index in [1.807, 2.05) is 24.3 Å². The maximum atomic E-state index is 13.4. The molecule has 7 heterocycles. The third-order valence-electron chi connectivity index (χ3n) is 14.7. The molecular formula is C48H52N6O6. The molecule has 11 rings (SSSR count). The molecule has 3 aromatic carbocycles. The number of phenols is 1. The lowest BCUT2D eigenvalue weighted by molar-refractivity contribution is -0.136. The Labute approximate surface area is 350 Å². The fraction of sp³-hybridized carbons (Fsp3) is 0.458. The van der Waals surface area contributed by atoms with Crippen LogP contribution in [0.2, 0.25) is 0 Å². The molecule has 1 aliphatic carbocycles. The maximum Gasteiger partial charge on any atom is 0.255 e. The Morgan fingerprint density at radius 1 is 0.867 bits per heavy atom. The second kappa shape index (κ2) is 14.9. The zero-order valence-electron chi connectivity index (χ0n) is 33.9. The summed E-state index contributed by atoms with van der Waals surface area (Å²) in [4.78, 5) is 51.9. The molecule has 0 bridgehead atoms. The summed E-state index contributed by atoms with van der Waals surface area (Å²) in [5, 5.41) is 12.6. The molecule has 2 N–H and O–H groups in total. The summed E-state index contributed by atoms with van der Waals surface area (Å²) < 4.78 is 13.1. The standard InChI is InChI=1S/C48H52N6O6/c55-35-8-10-37-32(22-35)6-9-36(31-4-2-1-3-5-31)44(37)33-7-14-42(49-24-33)52-18-16-48(17-19-52)23-30(28-60-48)25-51-20-21-53-34(26-51)29-59-45-39-27-54(41-13-15-43(56)50-46(41)57)47(58)38(39)11-12-40(45)53/h1-5,7-8,10-12,14,22,24,30,34,36,41,44,55H,6,9,13,15-21,23,25-29H2,(H,50,56,57)/t30?,34-,36-,41+,44+/m1/s1. The Hall–Kier alpha value is -5.46. The summed E-state index contributed by atoms with van der Waals surface area (Å²) >= 11 is 0. The number of amides is 3. The van der Waals surface area contributed by atoms with Crippen molar-refractivity contribution in [2.75, 3.05) is 62.3 Å². The fourth-order valence-electron chi connectivity index (χ4n) is 11.7. The second-order valence-corrected chi connectivity index (χ2v) is 18.2. The lowest BCUT2D eigenvalue weighted by atomic mass is 9.69. The summed E-state index contributed by atoms with van der Waals surface area (Å²) in [5.74, 6) is 2.29. The molecule has 1 unspecified atom stereocenters. The number of fused-ring (bicyclic) bond motifs is 6. The molecule has 1 aromatic heterocycles. The Bertz CT molecular complexity index is 2330. The number of anilines is 2. The average molecular weight is 809 g/mol. The number of aromatic hydroxyl groups is 1. The number of piperazine rings is 1. The minimum Gasteiger partial charge on any atom is -0.508 e. The molecular weight excluding hydrogens is 757 g/mol. The highest BCUT2D eigenvalue weighted by molar-refractivity contribution is 6.06. The topological polar surface area (TPSA) is 128 Å². The number of hydrogen-bond donors (Lipinski definition) is 2. The number of nitrogens with zero attached hydrogens (tertiary/aromatic N) is 5. The van der Waals surface area contributed by atoms with E-state index in [9.17, 15) is 19.5 Å². The number of aryl methyl sites for hydroxylation is 1. The minimum atomic E-state index is -0.642. The number of aromatic nitrogens is 1. The number of ether oxygens (including phenoxy) is 2. The Kier molecular flexibility index (Phi) is 9.33. The zero-order valence-corrected chi connectivity index (χ0v) is 33.9. The molecule has 7 aliphatic rings. The molecule has 4 aromatic rings. The normalized spacial score (nSPS) is 27.2. The third kappa shape index (κ3) is 6.59. The molecule has 12 nitrogen and oxygen atoms in total. The Balaban J connectivity index is 0.700. The number of pyridine rings is 1. The van der Waals surface area contributed by atoms with Crippen molar-refractivity contribution < 1.29 is 29.0 Å². The van der Waals surface area contributed by atoms with Crippen LogP contribution in [0.25, 0.3) is 0 Å². The summed E-state index contributed by atoms with van der Waals surface area (Å²) in [7, 11) is 0. The largest absolute Gasteiger partial charge is 0.508 e. The van der Waals surface area contributed by atoms with Crippen LogP contribution in [-0.4, -0.2) is 108 Å². The molecule has 4 saturated heterocycles. The van der Waals surface area contributed by atoms with E-state index in [-0.39, 0.29) is 35.8 Å². The zero-order chi connectivity index (χ0) is 40.5. The lowest BCUT2D eigenvalue weighted by Gasteiger charge is -2.46. The molecule has 4 fully saturated rings. The van der Waals surface area contributed by atoms with E-state index in [0.717, 1.165) is 101 Å². The predicted octanol–water partition coefficient (Wildman–Crippen LogP) is 5.37. The SMILES string of the molecule is O=C1CC[C@H](N2Cc3c(ccc4c3OC[C@H]3CN(CC5COC6(CCN(c7ccc([C@@H]8c9ccc(O)cc9CC[C@@H]8c8ccccc8)cn7)CC6)C5)CCN43)C2=O)C(=O)N1. The van der Waals surface area contributed by atoms with Crippen LogP contribution in [0.15, 0.2) is 79.0 Å². The predicted molar refractivity (Wildman–Crippen MR) is 225 cm³/mol. The highest BCUT2D eigenvalue weighted by atomic mass is 16.5. The van der Waals surface area contributed by atoms with Gasteiger partial charge < -0.3 is 29.3 Å². The van der Waals surface area contributed by atoms with Gasteiger partial charge in [0.1, 0.15) is 30.0 Å². The van der Waals surface area contributed by atoms with E-state index < -0.39 is 11.9 Å². The van der Waals surface area contributed by atoms with Gasteiger partial charge in [-0.3, -0.25) is 24.6 Å². The van der Waals surface area contributed by atoms with Gasteiger partial charge in [-0.05, 0) is 103 Å². The van der Waals surface area contributed by atoms with Gasteiger partial charge in [-0.15, -0.1) is 0 Å². The van der Waals surface area contributed by atoms with Crippen LogP contribution in [0.3, 0.4) is 0 Å². The van der Waals surface area contributed by atoms with Gasteiger partial charge in [-0.1, -0.05) is 42.5 Å². The number of phenolic OH excluding ortho intramolecular Hbond substituents is 1. The van der Waals surface area contributed by atoms with Crippen molar-refractivity contribution in [2.45, 2.75) is 81.0 Å². The fourth-order valence-corrected chi connectivity index (χ4v) is 11.7. The van der Waals surface area contributed by atoms with Crippen LogP contribution < -0.4 is 19.9 Å². The van der Waals surface area contributed by atoms with Gasteiger partial charge in [0.05, 0.1) is 30.5 Å². The number of carbonyl (C=O) groups is 3. The summed E-state index contributed by atoms with van der Waals surface area (Å²) in [6.07, 6.45) is 7.73. The van der Waals surface area contributed by atoms with Crippen molar-refractivity contribution in [3.8, 4) is 11.5 Å². The number of piperidine rings is 2. The van der Waals surface area contributed by atoms with E-state index in [4.69, 9.17) is 14.5 Å². The van der Waals surface area contributed by atoms with Crippen LogP contribution in [0.1, 0.15) is 88.5 Å². The Morgan fingerprint density at radius 3 is 2.55 bits per heavy atom. The van der Waals surface area contributed by atoms with Crippen LogP contribution in [0.5, 0.6) is 11.5 Å². The monoisotopic (exact) mass is 808 g/mol. The van der Waals surface area contributed by atoms with Crippen molar-refractivity contribution in [1.82, 2.24) is 20.1 Å². The number of rotatable bonds is 6. The quantitative estimate of drug-likeness (QED) is 0.246. The van der Waals surface area contributed by atoms with Gasteiger partial charge in [0, 0.05) is 68.9 Å². The van der Waals surface area contributed by atoms with E-state index in [2.05, 4.69) is 74.7 Å². The first-order valence-electron chi connectivity index (χ1n) is 21.9. The molecule has 5 atom stereocenters. The molecule has 0 saturated carbocycles. The van der Waals surface area contributed by atoms with Gasteiger partial charge >= 0.3 is 0 Å². The molecule has 60 heavy (non-hydrogen) atoms. The molecule has 1 spiro atoms. The van der Waals surface area contributed by atoms with Crippen molar-refractivity contribution in [3.63, 3.8) is 0 Å². The second-order valence-electron chi connectivity index (χ2n) is 18.2.